The van der Waals surface area contributed by atoms with Crippen molar-refractivity contribution in [1.29, 1.82) is 0 Å². The Labute approximate surface area is 144 Å². The molecular weight excluding hydrogens is 341 g/mol. The Bertz CT molecular complexity index is 664. The van der Waals surface area contributed by atoms with Gasteiger partial charge in [-0.3, -0.25) is 4.79 Å². The van der Waals surface area contributed by atoms with Crippen LogP contribution in [0.15, 0.2) is 23.6 Å². The van der Waals surface area contributed by atoms with Crippen LogP contribution in [0.5, 0.6) is 5.75 Å². The summed E-state index contributed by atoms with van der Waals surface area (Å²) >= 11 is 1.29. The largest absolute Gasteiger partial charge is 0.494 e. The van der Waals surface area contributed by atoms with Crippen LogP contribution in [0.1, 0.15) is 19.8 Å². The van der Waals surface area contributed by atoms with E-state index in [4.69, 9.17) is 10.5 Å². The van der Waals surface area contributed by atoms with Crippen molar-refractivity contribution < 1.29 is 13.9 Å². The molecule has 0 aliphatic rings. The van der Waals surface area contributed by atoms with Gasteiger partial charge in [0.05, 0.1) is 12.8 Å². The van der Waals surface area contributed by atoms with Crippen molar-refractivity contribution >= 4 is 34.8 Å². The summed E-state index contributed by atoms with van der Waals surface area (Å²) in [4.78, 5) is 16.0. The van der Waals surface area contributed by atoms with E-state index in [1.54, 1.807) is 17.5 Å². The molecule has 3 N–H and O–H groups in total. The van der Waals surface area contributed by atoms with Crippen LogP contribution in [0.4, 0.5) is 9.52 Å². The lowest BCUT2D eigenvalue weighted by Gasteiger charge is -2.04. The lowest BCUT2D eigenvalue weighted by Crippen LogP contribution is -2.19. The number of rotatable bonds is 6. The van der Waals surface area contributed by atoms with E-state index >= 15 is 0 Å². The normalized spacial score (nSPS) is 11.5. The van der Waals surface area contributed by atoms with Crippen molar-refractivity contribution in [3.8, 4) is 17.0 Å². The van der Waals surface area contributed by atoms with Crippen LogP contribution < -0.4 is 15.8 Å². The first-order chi connectivity index (χ1) is 10.5. The van der Waals surface area contributed by atoms with Crippen LogP contribution in [-0.4, -0.2) is 24.0 Å². The van der Waals surface area contributed by atoms with E-state index in [1.807, 2.05) is 6.92 Å². The molecule has 1 aromatic heterocycles. The van der Waals surface area contributed by atoms with Gasteiger partial charge in [-0.1, -0.05) is 0 Å². The van der Waals surface area contributed by atoms with E-state index in [9.17, 15) is 9.18 Å². The zero-order valence-corrected chi connectivity index (χ0v) is 14.5. The van der Waals surface area contributed by atoms with Crippen LogP contribution >= 0.6 is 23.7 Å². The first-order valence-corrected chi connectivity index (χ1v) is 7.72. The highest BCUT2D eigenvalue weighted by Crippen LogP contribution is 2.28. The Balaban J connectivity index is 0.00000264. The van der Waals surface area contributed by atoms with E-state index in [0.717, 1.165) is 0 Å². The topological polar surface area (TPSA) is 77.2 Å². The van der Waals surface area contributed by atoms with E-state index in [2.05, 4.69) is 10.3 Å². The van der Waals surface area contributed by atoms with Crippen molar-refractivity contribution in [3.63, 3.8) is 0 Å². The number of carbonyl (C=O) groups excluding carboxylic acids is 1. The molecule has 8 heteroatoms. The smallest absolute Gasteiger partial charge is 0.226 e. The summed E-state index contributed by atoms with van der Waals surface area (Å²) in [6.45, 7) is 1.85. The van der Waals surface area contributed by atoms with Crippen LogP contribution in [-0.2, 0) is 4.79 Å². The number of thiazole rings is 1. The van der Waals surface area contributed by atoms with Gasteiger partial charge in [-0.25, -0.2) is 9.37 Å². The van der Waals surface area contributed by atoms with Crippen molar-refractivity contribution in [2.24, 2.45) is 5.73 Å². The van der Waals surface area contributed by atoms with Gasteiger partial charge >= 0.3 is 0 Å². The van der Waals surface area contributed by atoms with E-state index in [-0.39, 0.29) is 30.1 Å². The Morgan fingerprint density at radius 2 is 2.26 bits per heavy atom. The molecule has 0 saturated carbocycles. The maximum absolute atomic E-state index is 13.7. The third-order valence-corrected chi connectivity index (χ3v) is 3.78. The van der Waals surface area contributed by atoms with Crippen LogP contribution in [0.3, 0.4) is 0 Å². The fourth-order valence-corrected chi connectivity index (χ4v) is 2.57. The lowest BCUT2D eigenvalue weighted by atomic mass is 10.1. The zero-order chi connectivity index (χ0) is 16.1. The number of hydrogen-bond acceptors (Lipinski definition) is 5. The number of hydrogen-bond donors (Lipinski definition) is 2. The predicted molar refractivity (Wildman–Crippen MR) is 92.8 cm³/mol. The Kier molecular flexibility index (Phi) is 7.41. The summed E-state index contributed by atoms with van der Waals surface area (Å²) in [5.41, 5.74) is 6.85. The minimum absolute atomic E-state index is 0. The molecule has 1 unspecified atom stereocenters. The third-order valence-electron chi connectivity index (χ3n) is 3.02. The molecule has 2 aromatic rings. The molecule has 0 fully saturated rings. The molecule has 0 spiro atoms. The van der Waals surface area contributed by atoms with Crippen LogP contribution in [0.2, 0.25) is 0 Å². The van der Waals surface area contributed by atoms with Crippen molar-refractivity contribution in [2.75, 3.05) is 12.4 Å². The first-order valence-electron chi connectivity index (χ1n) is 6.84. The summed E-state index contributed by atoms with van der Waals surface area (Å²) in [6, 6.07) is 4.61. The highest BCUT2D eigenvalue weighted by molar-refractivity contribution is 7.14. The molecule has 23 heavy (non-hydrogen) atoms. The molecule has 0 aliphatic carbocycles. The zero-order valence-electron chi connectivity index (χ0n) is 12.8. The quantitative estimate of drug-likeness (QED) is 0.828. The number of benzene rings is 1. The number of nitrogens with two attached hydrogens (primary N) is 1. The second kappa shape index (κ2) is 8.81. The predicted octanol–water partition coefficient (Wildman–Crippen LogP) is 3.45. The summed E-state index contributed by atoms with van der Waals surface area (Å²) in [7, 11) is 1.41. The first kappa shape index (κ1) is 19.3. The molecule has 0 radical (unpaired) electrons. The molecule has 0 bridgehead atoms. The molecule has 126 valence electrons. The van der Waals surface area contributed by atoms with Gasteiger partial charge in [0.25, 0.3) is 0 Å². The number of amides is 1. The number of methoxy groups -OCH3 is 1. The minimum Gasteiger partial charge on any atom is -0.494 e. The molecule has 1 atom stereocenters. The van der Waals surface area contributed by atoms with Crippen molar-refractivity contribution in [2.45, 2.75) is 25.8 Å². The lowest BCUT2D eigenvalue weighted by molar-refractivity contribution is -0.116. The van der Waals surface area contributed by atoms with Gasteiger partial charge in [0.15, 0.2) is 16.7 Å². The van der Waals surface area contributed by atoms with Gasteiger partial charge in [-0.2, -0.15) is 0 Å². The third kappa shape index (κ3) is 5.46. The van der Waals surface area contributed by atoms with Crippen LogP contribution in [0.25, 0.3) is 11.3 Å². The summed E-state index contributed by atoms with van der Waals surface area (Å²) < 4.78 is 18.6. The summed E-state index contributed by atoms with van der Waals surface area (Å²) in [6.07, 6.45) is 0.970. The maximum atomic E-state index is 13.7. The van der Waals surface area contributed by atoms with E-state index in [0.29, 0.717) is 29.2 Å². The van der Waals surface area contributed by atoms with Gasteiger partial charge in [0.1, 0.15) is 0 Å². The molecule has 2 rings (SSSR count). The fraction of sp³-hybridized carbons (Fsp3) is 0.333. The van der Waals surface area contributed by atoms with Gasteiger partial charge in [0, 0.05) is 23.4 Å². The number of aromatic nitrogens is 1. The number of nitrogens with one attached hydrogen (secondary N) is 1. The molecule has 0 aliphatic heterocycles. The molecule has 5 nitrogen and oxygen atoms in total. The highest BCUT2D eigenvalue weighted by Gasteiger charge is 2.11. The molecule has 0 saturated heterocycles. The number of carbonyl (C=O) groups is 1. The second-order valence-corrected chi connectivity index (χ2v) is 5.81. The number of halogens is 2. The van der Waals surface area contributed by atoms with E-state index in [1.165, 1.54) is 24.5 Å². The summed E-state index contributed by atoms with van der Waals surface area (Å²) in [5.74, 6) is -0.391. The highest BCUT2D eigenvalue weighted by atomic mass is 35.5. The van der Waals surface area contributed by atoms with Gasteiger partial charge < -0.3 is 15.8 Å². The maximum Gasteiger partial charge on any atom is 0.226 e. The average molecular weight is 360 g/mol. The average Bonchev–Trinajstić information content (AvgIpc) is 2.93. The van der Waals surface area contributed by atoms with Crippen molar-refractivity contribution in [3.05, 3.63) is 29.4 Å². The Hall–Kier alpha value is -1.70. The van der Waals surface area contributed by atoms with Crippen molar-refractivity contribution in [1.82, 2.24) is 4.98 Å². The van der Waals surface area contributed by atoms with Gasteiger partial charge in [0.2, 0.25) is 5.91 Å². The molecule has 1 aromatic carbocycles. The molecule has 1 heterocycles. The number of ether oxygens (including phenoxy) is 1. The molecular formula is C15H19ClFN3O2S. The Morgan fingerprint density at radius 1 is 1.52 bits per heavy atom. The minimum atomic E-state index is -0.449. The monoisotopic (exact) mass is 359 g/mol. The number of nitrogens with zero attached hydrogens (tertiary/aromatic N) is 1. The SMILES string of the molecule is COc1ccc(-c2csc(NC(=O)CCC(C)N)n2)cc1F.Cl. The van der Waals surface area contributed by atoms with Gasteiger partial charge in [-0.05, 0) is 31.5 Å². The van der Waals surface area contributed by atoms with E-state index < -0.39 is 5.82 Å². The Morgan fingerprint density at radius 3 is 2.87 bits per heavy atom. The van der Waals surface area contributed by atoms with Crippen LogP contribution in [0, 0.1) is 5.82 Å². The second-order valence-electron chi connectivity index (χ2n) is 4.95. The summed E-state index contributed by atoms with van der Waals surface area (Å²) in [5, 5.41) is 4.97. The molecule has 1 amide bonds. The van der Waals surface area contributed by atoms with Gasteiger partial charge in [-0.15, -0.1) is 23.7 Å². The number of anilines is 1. The fourth-order valence-electron chi connectivity index (χ4n) is 1.83. The standard InChI is InChI=1S/C15H18FN3O2S.ClH/c1-9(17)3-6-14(20)19-15-18-12(8-22-15)10-4-5-13(21-2)11(16)7-10;/h4-5,7-9H,3,6,17H2,1-2H3,(H,18,19,20);1H.